The Balaban J connectivity index is 1.55. The molecule has 1 atom stereocenters. The lowest BCUT2D eigenvalue weighted by Gasteiger charge is -2.26. The van der Waals surface area contributed by atoms with Crippen molar-refractivity contribution >= 4 is 23.1 Å². The van der Waals surface area contributed by atoms with Gasteiger partial charge in [-0.2, -0.15) is 5.10 Å². The SMILES string of the molecule is COc1ccc(C2=C[C@H](c3ccccc3F)n3ncc(C(=O)Nc4ccc(C)cc4)c3N2)cc1. The van der Waals surface area contributed by atoms with E-state index in [0.29, 0.717) is 22.6 Å². The highest BCUT2D eigenvalue weighted by Gasteiger charge is 2.29. The van der Waals surface area contributed by atoms with Crippen LogP contribution in [0.15, 0.2) is 85.1 Å². The number of benzene rings is 3. The number of aromatic nitrogens is 2. The first-order chi connectivity index (χ1) is 16.5. The molecular weight excluding hydrogens is 431 g/mol. The minimum atomic E-state index is -0.532. The van der Waals surface area contributed by atoms with Gasteiger partial charge in [-0.25, -0.2) is 9.07 Å². The second-order valence-electron chi connectivity index (χ2n) is 8.07. The van der Waals surface area contributed by atoms with Gasteiger partial charge in [0.05, 0.1) is 13.3 Å². The van der Waals surface area contributed by atoms with Gasteiger partial charge in [0.2, 0.25) is 0 Å². The average Bonchev–Trinajstić information content (AvgIpc) is 3.30. The highest BCUT2D eigenvalue weighted by Crippen LogP contribution is 2.36. The number of rotatable bonds is 5. The summed E-state index contributed by atoms with van der Waals surface area (Å²) in [7, 11) is 1.61. The molecule has 0 unspecified atom stereocenters. The smallest absolute Gasteiger partial charge is 0.261 e. The molecule has 5 rings (SSSR count). The summed E-state index contributed by atoms with van der Waals surface area (Å²) in [6.45, 7) is 1.99. The Morgan fingerprint density at radius 2 is 1.79 bits per heavy atom. The fourth-order valence-electron chi connectivity index (χ4n) is 3.97. The van der Waals surface area contributed by atoms with E-state index >= 15 is 0 Å². The summed E-state index contributed by atoms with van der Waals surface area (Å²) in [6, 6.07) is 21.1. The lowest BCUT2D eigenvalue weighted by Crippen LogP contribution is -2.22. The molecule has 1 aromatic heterocycles. The summed E-state index contributed by atoms with van der Waals surface area (Å²) in [4.78, 5) is 13.2. The summed E-state index contributed by atoms with van der Waals surface area (Å²) in [6.07, 6.45) is 3.41. The summed E-state index contributed by atoms with van der Waals surface area (Å²) >= 11 is 0. The lowest BCUT2D eigenvalue weighted by atomic mass is 10.0. The van der Waals surface area contributed by atoms with Crippen LogP contribution in [0.2, 0.25) is 0 Å². The van der Waals surface area contributed by atoms with E-state index in [0.717, 1.165) is 22.6 Å². The van der Waals surface area contributed by atoms with Crippen LogP contribution >= 0.6 is 0 Å². The molecule has 0 aliphatic carbocycles. The number of hydrogen-bond acceptors (Lipinski definition) is 4. The van der Waals surface area contributed by atoms with E-state index in [4.69, 9.17) is 4.74 Å². The van der Waals surface area contributed by atoms with Gasteiger partial charge in [-0.3, -0.25) is 4.79 Å². The molecule has 7 heteroatoms. The number of carbonyl (C=O) groups excluding carboxylic acids is 1. The second kappa shape index (κ2) is 8.86. The maximum absolute atomic E-state index is 14.8. The van der Waals surface area contributed by atoms with E-state index in [1.54, 1.807) is 30.0 Å². The van der Waals surface area contributed by atoms with Crippen molar-refractivity contribution in [2.75, 3.05) is 17.7 Å². The number of carbonyl (C=O) groups is 1. The van der Waals surface area contributed by atoms with E-state index in [-0.39, 0.29) is 11.7 Å². The molecule has 1 amide bonds. The van der Waals surface area contributed by atoms with Gasteiger partial charge in [0.25, 0.3) is 5.91 Å². The number of anilines is 2. The topological polar surface area (TPSA) is 68.2 Å². The molecule has 0 saturated heterocycles. The van der Waals surface area contributed by atoms with Crippen LogP contribution in [0.3, 0.4) is 0 Å². The summed E-state index contributed by atoms with van der Waals surface area (Å²) in [5.74, 6) is 0.577. The molecule has 0 bridgehead atoms. The van der Waals surface area contributed by atoms with Gasteiger partial charge in [0, 0.05) is 16.9 Å². The fraction of sp³-hybridized carbons (Fsp3) is 0.111. The van der Waals surface area contributed by atoms with Crippen LogP contribution in [0.4, 0.5) is 15.9 Å². The first-order valence-corrected chi connectivity index (χ1v) is 10.9. The Morgan fingerprint density at radius 1 is 1.06 bits per heavy atom. The van der Waals surface area contributed by atoms with Crippen molar-refractivity contribution in [1.29, 1.82) is 0 Å². The molecule has 2 heterocycles. The lowest BCUT2D eigenvalue weighted by molar-refractivity contribution is 0.102. The van der Waals surface area contributed by atoms with E-state index in [2.05, 4.69) is 15.7 Å². The number of fused-ring (bicyclic) bond motifs is 1. The molecule has 170 valence electrons. The zero-order valence-electron chi connectivity index (χ0n) is 18.7. The van der Waals surface area contributed by atoms with Crippen LogP contribution in [0.25, 0.3) is 5.70 Å². The number of aryl methyl sites for hydroxylation is 1. The molecule has 0 spiro atoms. The Morgan fingerprint density at radius 3 is 2.50 bits per heavy atom. The van der Waals surface area contributed by atoms with Gasteiger partial charge >= 0.3 is 0 Å². The average molecular weight is 455 g/mol. The van der Waals surface area contributed by atoms with E-state index in [1.165, 1.54) is 12.3 Å². The molecule has 2 N–H and O–H groups in total. The van der Waals surface area contributed by atoms with Gasteiger partial charge in [-0.1, -0.05) is 35.9 Å². The number of nitrogens with zero attached hydrogens (tertiary/aromatic N) is 2. The molecule has 1 aliphatic rings. The third-order valence-electron chi connectivity index (χ3n) is 5.82. The number of nitrogens with one attached hydrogen (secondary N) is 2. The standard InChI is InChI=1S/C27H23FN4O2/c1-17-7-11-19(12-8-17)30-27(33)22-16-29-32-25(21-5-3-4-6-23(21)28)15-24(31-26(22)32)18-9-13-20(34-2)14-10-18/h3-16,25,31H,1-2H3,(H,30,33)/t25-/m1/s1. The van der Waals surface area contributed by atoms with Crippen molar-refractivity contribution < 1.29 is 13.9 Å². The predicted molar refractivity (Wildman–Crippen MR) is 130 cm³/mol. The minimum Gasteiger partial charge on any atom is -0.497 e. The number of amides is 1. The van der Waals surface area contributed by atoms with Crippen LogP contribution in [0.1, 0.15) is 33.1 Å². The van der Waals surface area contributed by atoms with Gasteiger partial charge < -0.3 is 15.4 Å². The zero-order valence-corrected chi connectivity index (χ0v) is 18.7. The molecule has 0 fully saturated rings. The summed E-state index contributed by atoms with van der Waals surface area (Å²) < 4.78 is 21.7. The van der Waals surface area contributed by atoms with Crippen molar-refractivity contribution in [2.45, 2.75) is 13.0 Å². The molecule has 0 radical (unpaired) electrons. The van der Waals surface area contributed by atoms with Gasteiger partial charge in [0.15, 0.2) is 0 Å². The Labute approximate surface area is 196 Å². The third-order valence-corrected chi connectivity index (χ3v) is 5.82. The Bertz CT molecular complexity index is 1370. The highest BCUT2D eigenvalue weighted by atomic mass is 19.1. The third kappa shape index (κ3) is 4.03. The van der Waals surface area contributed by atoms with Crippen molar-refractivity contribution in [2.24, 2.45) is 0 Å². The van der Waals surface area contributed by atoms with Crippen molar-refractivity contribution in [3.63, 3.8) is 0 Å². The molecule has 3 aromatic carbocycles. The Hall–Kier alpha value is -4.39. The molecule has 34 heavy (non-hydrogen) atoms. The second-order valence-corrected chi connectivity index (χ2v) is 8.07. The molecule has 6 nitrogen and oxygen atoms in total. The number of allylic oxidation sites excluding steroid dienone is 1. The normalized spacial score (nSPS) is 14.6. The number of methoxy groups -OCH3 is 1. The first kappa shape index (κ1) is 21.5. The van der Waals surface area contributed by atoms with Crippen LogP contribution in [-0.4, -0.2) is 22.8 Å². The monoisotopic (exact) mass is 454 g/mol. The quantitative estimate of drug-likeness (QED) is 0.409. The maximum atomic E-state index is 14.8. The first-order valence-electron chi connectivity index (χ1n) is 10.9. The fourth-order valence-corrected chi connectivity index (χ4v) is 3.97. The highest BCUT2D eigenvalue weighted by molar-refractivity contribution is 6.08. The maximum Gasteiger partial charge on any atom is 0.261 e. The van der Waals surface area contributed by atoms with Crippen LogP contribution in [-0.2, 0) is 0 Å². The number of halogens is 1. The predicted octanol–water partition coefficient (Wildman–Crippen LogP) is 5.65. The summed E-state index contributed by atoms with van der Waals surface area (Å²) in [5.41, 5.74) is 4.23. The van der Waals surface area contributed by atoms with Gasteiger partial charge in [-0.15, -0.1) is 0 Å². The molecule has 4 aromatic rings. The summed E-state index contributed by atoms with van der Waals surface area (Å²) in [5, 5.41) is 10.7. The van der Waals surface area contributed by atoms with Crippen LogP contribution in [0.5, 0.6) is 5.75 Å². The van der Waals surface area contributed by atoms with Crippen molar-refractivity contribution in [1.82, 2.24) is 9.78 Å². The molecular formula is C27H23FN4O2. The molecule has 0 saturated carbocycles. The van der Waals surface area contributed by atoms with Crippen LogP contribution < -0.4 is 15.4 Å². The molecule has 1 aliphatic heterocycles. The van der Waals surface area contributed by atoms with Crippen molar-refractivity contribution in [3.8, 4) is 5.75 Å². The van der Waals surface area contributed by atoms with E-state index in [9.17, 15) is 9.18 Å². The zero-order chi connectivity index (χ0) is 23.7. The Kier molecular flexibility index (Phi) is 5.59. The van der Waals surface area contributed by atoms with Gasteiger partial charge in [-0.05, 0) is 61.0 Å². The number of ether oxygens (including phenoxy) is 1. The van der Waals surface area contributed by atoms with E-state index < -0.39 is 6.04 Å². The van der Waals surface area contributed by atoms with Crippen molar-refractivity contribution in [3.05, 3.63) is 113 Å². The van der Waals surface area contributed by atoms with Gasteiger partial charge in [0.1, 0.15) is 29.0 Å². The largest absolute Gasteiger partial charge is 0.497 e. The minimum absolute atomic E-state index is 0.305. The van der Waals surface area contributed by atoms with E-state index in [1.807, 2.05) is 61.5 Å². The van der Waals surface area contributed by atoms with Crippen LogP contribution in [0, 0.1) is 12.7 Å². The number of hydrogen-bond donors (Lipinski definition) is 2.